The highest BCUT2D eigenvalue weighted by atomic mass is 32.2. The van der Waals surface area contributed by atoms with Crippen LogP contribution in [0, 0.1) is 5.82 Å². The van der Waals surface area contributed by atoms with Gasteiger partial charge in [0.1, 0.15) is 12.4 Å². The average molecular weight is 406 g/mol. The lowest BCUT2D eigenvalue weighted by Gasteiger charge is -2.14. The number of hydrogen-bond acceptors (Lipinski definition) is 7. The van der Waals surface area contributed by atoms with E-state index in [1.807, 2.05) is 0 Å². The van der Waals surface area contributed by atoms with Crippen LogP contribution in [-0.4, -0.2) is 40.5 Å². The van der Waals surface area contributed by atoms with Crippen LogP contribution in [0.5, 0.6) is 0 Å². The minimum Gasteiger partial charge on any atom is -0.459 e. The molecule has 2 amide bonds. The molecule has 0 aliphatic heterocycles. The van der Waals surface area contributed by atoms with Crippen molar-refractivity contribution >= 4 is 40.0 Å². The summed E-state index contributed by atoms with van der Waals surface area (Å²) < 4.78 is 18.6. The van der Waals surface area contributed by atoms with Crippen LogP contribution >= 0.6 is 23.1 Å². The molecule has 3 aromatic rings. The van der Waals surface area contributed by atoms with Gasteiger partial charge in [-0.2, -0.15) is 0 Å². The van der Waals surface area contributed by atoms with E-state index in [0.717, 1.165) is 5.56 Å². The second-order valence-corrected chi connectivity index (χ2v) is 7.67. The van der Waals surface area contributed by atoms with E-state index in [9.17, 15) is 14.0 Å². The van der Waals surface area contributed by atoms with E-state index in [-0.39, 0.29) is 29.9 Å². The van der Waals surface area contributed by atoms with Crippen molar-refractivity contribution in [1.29, 1.82) is 0 Å². The van der Waals surface area contributed by atoms with Crippen LogP contribution in [0.4, 0.5) is 9.52 Å². The fourth-order valence-electron chi connectivity index (χ4n) is 2.08. The Morgan fingerprint density at radius 3 is 2.74 bits per heavy atom. The Morgan fingerprint density at radius 2 is 2.04 bits per heavy atom. The topological polar surface area (TPSA) is 88.3 Å². The van der Waals surface area contributed by atoms with Gasteiger partial charge >= 0.3 is 0 Å². The van der Waals surface area contributed by atoms with Gasteiger partial charge in [0, 0.05) is 12.8 Å². The maximum Gasteiger partial charge on any atom is 0.289 e. The summed E-state index contributed by atoms with van der Waals surface area (Å²) in [6.45, 7) is -0.142. The highest BCUT2D eigenvalue weighted by molar-refractivity contribution is 8.00. The van der Waals surface area contributed by atoms with Gasteiger partial charge in [-0.15, -0.1) is 10.2 Å². The van der Waals surface area contributed by atoms with E-state index in [2.05, 4.69) is 15.5 Å². The Balaban J connectivity index is 1.48. The molecular formula is C17H15FN4O3S2. The van der Waals surface area contributed by atoms with E-state index in [1.54, 1.807) is 18.2 Å². The molecule has 7 nitrogen and oxygen atoms in total. The molecule has 0 atom stereocenters. The number of benzene rings is 1. The molecule has 0 saturated heterocycles. The summed E-state index contributed by atoms with van der Waals surface area (Å²) in [5, 5.41) is 10.9. The number of likely N-dealkylation sites (N-methyl/N-ethyl adjacent to an activating group) is 1. The zero-order chi connectivity index (χ0) is 19.2. The largest absolute Gasteiger partial charge is 0.459 e. The Labute approximate surface area is 162 Å². The number of hydrogen-bond donors (Lipinski definition) is 1. The Hall–Kier alpha value is -2.72. The third-order valence-electron chi connectivity index (χ3n) is 3.39. The lowest BCUT2D eigenvalue weighted by Crippen LogP contribution is -2.34. The molecule has 2 aromatic heterocycles. The van der Waals surface area contributed by atoms with Gasteiger partial charge in [0.05, 0.1) is 6.26 Å². The number of carbonyl (C=O) groups is 2. The Morgan fingerprint density at radius 1 is 1.26 bits per heavy atom. The number of rotatable bonds is 7. The van der Waals surface area contributed by atoms with E-state index < -0.39 is 0 Å². The number of furan rings is 1. The number of aromatic nitrogens is 2. The highest BCUT2D eigenvalue weighted by Gasteiger charge is 2.18. The minimum absolute atomic E-state index is 0.142. The van der Waals surface area contributed by atoms with Crippen molar-refractivity contribution in [2.45, 2.75) is 10.1 Å². The second-order valence-electron chi connectivity index (χ2n) is 5.47. The highest BCUT2D eigenvalue weighted by Crippen LogP contribution is 2.28. The predicted octanol–water partition coefficient (Wildman–Crippen LogP) is 3.27. The maximum atomic E-state index is 12.9. The molecule has 0 aliphatic carbocycles. The van der Waals surface area contributed by atoms with Crippen molar-refractivity contribution < 1.29 is 18.4 Å². The normalized spacial score (nSPS) is 10.6. The summed E-state index contributed by atoms with van der Waals surface area (Å²) in [6.07, 6.45) is 1.40. The molecule has 0 fully saturated rings. The lowest BCUT2D eigenvalue weighted by molar-refractivity contribution is -0.116. The number of thioether (sulfide) groups is 1. The summed E-state index contributed by atoms with van der Waals surface area (Å²) in [4.78, 5) is 25.4. The van der Waals surface area contributed by atoms with Crippen LogP contribution < -0.4 is 5.32 Å². The Bertz CT molecular complexity index is 913. The summed E-state index contributed by atoms with van der Waals surface area (Å²) in [6, 6.07) is 9.36. The van der Waals surface area contributed by atoms with E-state index in [4.69, 9.17) is 4.42 Å². The van der Waals surface area contributed by atoms with E-state index >= 15 is 0 Å². The molecule has 27 heavy (non-hydrogen) atoms. The summed E-state index contributed by atoms with van der Waals surface area (Å²) in [5.74, 6) is -0.268. The second kappa shape index (κ2) is 8.78. The Kier molecular flexibility index (Phi) is 6.20. The van der Waals surface area contributed by atoms with Gasteiger partial charge in [0.15, 0.2) is 10.1 Å². The van der Waals surface area contributed by atoms with Crippen molar-refractivity contribution in [2.75, 3.05) is 18.9 Å². The molecule has 0 aliphatic rings. The summed E-state index contributed by atoms with van der Waals surface area (Å²) >= 11 is 2.67. The molecule has 0 unspecified atom stereocenters. The van der Waals surface area contributed by atoms with Crippen LogP contribution in [0.2, 0.25) is 0 Å². The van der Waals surface area contributed by atoms with Crippen molar-refractivity contribution in [3.05, 3.63) is 59.8 Å². The van der Waals surface area contributed by atoms with Gasteiger partial charge in [0.25, 0.3) is 5.91 Å². The average Bonchev–Trinajstić information content (AvgIpc) is 3.32. The van der Waals surface area contributed by atoms with E-state index in [0.29, 0.717) is 15.2 Å². The molecule has 0 spiro atoms. The fourth-order valence-corrected chi connectivity index (χ4v) is 3.80. The number of anilines is 1. The van der Waals surface area contributed by atoms with Gasteiger partial charge < -0.3 is 9.32 Å². The number of carbonyl (C=O) groups excluding carboxylic acids is 2. The van der Waals surface area contributed by atoms with Gasteiger partial charge in [-0.3, -0.25) is 14.9 Å². The van der Waals surface area contributed by atoms with Gasteiger partial charge in [-0.05, 0) is 29.8 Å². The zero-order valence-electron chi connectivity index (χ0n) is 14.2. The van der Waals surface area contributed by atoms with E-state index in [1.165, 1.54) is 59.5 Å². The zero-order valence-corrected chi connectivity index (χ0v) is 15.8. The van der Waals surface area contributed by atoms with Crippen molar-refractivity contribution in [1.82, 2.24) is 15.1 Å². The molecule has 2 heterocycles. The molecule has 1 aromatic carbocycles. The first-order valence-electron chi connectivity index (χ1n) is 7.81. The third kappa shape index (κ3) is 5.38. The number of amides is 2. The predicted molar refractivity (Wildman–Crippen MR) is 100 cm³/mol. The van der Waals surface area contributed by atoms with Gasteiger partial charge in [0.2, 0.25) is 11.0 Å². The first-order valence-corrected chi connectivity index (χ1v) is 9.61. The molecule has 140 valence electrons. The molecule has 10 heteroatoms. The third-order valence-corrected chi connectivity index (χ3v) is 5.43. The number of nitrogens with zero attached hydrogens (tertiary/aromatic N) is 3. The number of halogens is 1. The molecule has 3 rings (SSSR count). The standard InChI is InChI=1S/C17H15FN4O3S2/c1-22(15(24)13-3-2-8-25-13)9-14(23)19-16-20-21-17(27-16)26-10-11-4-6-12(18)7-5-11/h2-8H,9-10H2,1H3,(H,19,20,23). The molecule has 0 bridgehead atoms. The molecule has 0 saturated carbocycles. The van der Waals surface area contributed by atoms with Crippen molar-refractivity contribution in [2.24, 2.45) is 0 Å². The minimum atomic E-state index is -0.386. The smallest absolute Gasteiger partial charge is 0.289 e. The van der Waals surface area contributed by atoms with Crippen LogP contribution in [-0.2, 0) is 10.5 Å². The molecule has 0 radical (unpaired) electrons. The quantitative estimate of drug-likeness (QED) is 0.479. The fraction of sp³-hybridized carbons (Fsp3) is 0.176. The van der Waals surface area contributed by atoms with Gasteiger partial charge in [-0.25, -0.2) is 4.39 Å². The lowest BCUT2D eigenvalue weighted by atomic mass is 10.2. The van der Waals surface area contributed by atoms with Crippen LogP contribution in [0.25, 0.3) is 0 Å². The van der Waals surface area contributed by atoms with Crippen molar-refractivity contribution in [3.63, 3.8) is 0 Å². The van der Waals surface area contributed by atoms with Crippen molar-refractivity contribution in [3.8, 4) is 0 Å². The summed E-state index contributed by atoms with van der Waals surface area (Å²) in [7, 11) is 1.51. The maximum absolute atomic E-state index is 12.9. The summed E-state index contributed by atoms with van der Waals surface area (Å²) in [5.41, 5.74) is 0.959. The number of nitrogens with one attached hydrogen (secondary N) is 1. The molecular weight excluding hydrogens is 391 g/mol. The first kappa shape index (κ1) is 19.1. The van der Waals surface area contributed by atoms with Crippen LogP contribution in [0.1, 0.15) is 16.1 Å². The SMILES string of the molecule is CN(CC(=O)Nc1nnc(SCc2ccc(F)cc2)s1)C(=O)c1ccco1. The molecule has 1 N–H and O–H groups in total. The van der Waals surface area contributed by atoms with Crippen LogP contribution in [0.3, 0.4) is 0 Å². The van der Waals surface area contributed by atoms with Crippen LogP contribution in [0.15, 0.2) is 51.4 Å². The first-order chi connectivity index (χ1) is 13.0. The monoisotopic (exact) mass is 406 g/mol. The van der Waals surface area contributed by atoms with Gasteiger partial charge in [-0.1, -0.05) is 35.2 Å².